The van der Waals surface area contributed by atoms with Crippen LogP contribution in [0.25, 0.3) is 0 Å². The van der Waals surface area contributed by atoms with Gasteiger partial charge in [0.05, 0.1) is 17.8 Å². The van der Waals surface area contributed by atoms with Gasteiger partial charge in [-0.05, 0) is 18.6 Å². The van der Waals surface area contributed by atoms with Crippen molar-refractivity contribution >= 4 is 11.4 Å². The van der Waals surface area contributed by atoms with Crippen molar-refractivity contribution in [2.45, 2.75) is 13.5 Å². The second kappa shape index (κ2) is 5.52. The number of aryl methyl sites for hydroxylation is 1. The van der Waals surface area contributed by atoms with Crippen LogP contribution in [0, 0.1) is 17.0 Å². The van der Waals surface area contributed by atoms with Crippen LogP contribution in [0.2, 0.25) is 0 Å². The van der Waals surface area contributed by atoms with Crippen LogP contribution in [-0.4, -0.2) is 21.5 Å². The largest absolute Gasteiger partial charge is 0.383 e. The van der Waals surface area contributed by atoms with E-state index in [1.165, 1.54) is 23.0 Å². The summed E-state index contributed by atoms with van der Waals surface area (Å²) in [5, 5.41) is 13.6. The third-order valence-corrected chi connectivity index (χ3v) is 2.90. The standard InChI is InChI=1S/C13H14N4O3/c1-9-5-13(18)16(8-15-9)7-10-3-4-12(17(19)20)11(6-10)14-2/h3-6,8,14H,7H2,1-2H3. The third kappa shape index (κ3) is 2.82. The monoisotopic (exact) mass is 274 g/mol. The molecule has 2 rings (SSSR count). The second-order valence-corrected chi connectivity index (χ2v) is 4.36. The molecule has 0 spiro atoms. The molecule has 1 aromatic heterocycles. The molecule has 1 N–H and O–H groups in total. The van der Waals surface area contributed by atoms with Crippen molar-refractivity contribution in [1.29, 1.82) is 0 Å². The zero-order valence-corrected chi connectivity index (χ0v) is 11.2. The molecule has 0 radical (unpaired) electrons. The molecular weight excluding hydrogens is 260 g/mol. The predicted molar refractivity (Wildman–Crippen MR) is 75.0 cm³/mol. The number of hydrogen-bond acceptors (Lipinski definition) is 5. The minimum Gasteiger partial charge on any atom is -0.383 e. The van der Waals surface area contributed by atoms with Crippen LogP contribution in [0.5, 0.6) is 0 Å². The van der Waals surface area contributed by atoms with E-state index in [0.29, 0.717) is 17.9 Å². The molecule has 0 atom stereocenters. The summed E-state index contributed by atoms with van der Waals surface area (Å²) in [6, 6.07) is 6.16. The lowest BCUT2D eigenvalue weighted by molar-refractivity contribution is -0.383. The highest BCUT2D eigenvalue weighted by Gasteiger charge is 2.13. The van der Waals surface area contributed by atoms with Crippen molar-refractivity contribution in [3.05, 3.63) is 62.3 Å². The molecule has 2 aromatic rings. The molecule has 0 saturated heterocycles. The highest BCUT2D eigenvalue weighted by atomic mass is 16.6. The lowest BCUT2D eigenvalue weighted by atomic mass is 10.1. The summed E-state index contributed by atoms with van der Waals surface area (Å²) in [6.07, 6.45) is 1.47. The van der Waals surface area contributed by atoms with Gasteiger partial charge in [-0.25, -0.2) is 4.98 Å². The second-order valence-electron chi connectivity index (χ2n) is 4.36. The Morgan fingerprint density at radius 2 is 2.15 bits per heavy atom. The number of nitro benzene ring substituents is 1. The molecule has 0 saturated carbocycles. The van der Waals surface area contributed by atoms with Crippen molar-refractivity contribution < 1.29 is 4.92 Å². The Hall–Kier alpha value is -2.70. The number of nitro groups is 1. The maximum atomic E-state index is 11.8. The van der Waals surface area contributed by atoms with Crippen LogP contribution in [-0.2, 0) is 6.54 Å². The first-order valence-corrected chi connectivity index (χ1v) is 5.99. The summed E-state index contributed by atoms with van der Waals surface area (Å²) in [5.41, 5.74) is 1.71. The van der Waals surface area contributed by atoms with Crippen LogP contribution < -0.4 is 10.9 Å². The maximum Gasteiger partial charge on any atom is 0.292 e. The van der Waals surface area contributed by atoms with E-state index in [-0.39, 0.29) is 11.2 Å². The summed E-state index contributed by atoms with van der Waals surface area (Å²) in [4.78, 5) is 26.2. The molecule has 7 heteroatoms. The number of nitrogens with one attached hydrogen (secondary N) is 1. The first-order chi connectivity index (χ1) is 9.51. The first kappa shape index (κ1) is 13.7. The topological polar surface area (TPSA) is 90.1 Å². The van der Waals surface area contributed by atoms with Gasteiger partial charge in [0.2, 0.25) is 0 Å². The van der Waals surface area contributed by atoms with Crippen LogP contribution >= 0.6 is 0 Å². The molecule has 1 aromatic carbocycles. The summed E-state index contributed by atoms with van der Waals surface area (Å²) in [5.74, 6) is 0. The van der Waals surface area contributed by atoms with E-state index >= 15 is 0 Å². The van der Waals surface area contributed by atoms with E-state index in [2.05, 4.69) is 10.3 Å². The highest BCUT2D eigenvalue weighted by Crippen LogP contribution is 2.25. The van der Waals surface area contributed by atoms with E-state index in [0.717, 1.165) is 5.56 Å². The molecule has 0 aliphatic carbocycles. The van der Waals surface area contributed by atoms with E-state index < -0.39 is 4.92 Å². The third-order valence-electron chi connectivity index (χ3n) is 2.90. The molecule has 0 bridgehead atoms. The summed E-state index contributed by atoms with van der Waals surface area (Å²) >= 11 is 0. The van der Waals surface area contributed by atoms with Gasteiger partial charge in [0.15, 0.2) is 0 Å². The number of aromatic nitrogens is 2. The Labute approximate surface area is 115 Å². The van der Waals surface area contributed by atoms with Gasteiger partial charge >= 0.3 is 0 Å². The first-order valence-electron chi connectivity index (χ1n) is 5.99. The molecule has 1 heterocycles. The molecule has 7 nitrogen and oxygen atoms in total. The minimum atomic E-state index is -0.449. The molecule has 0 unspecified atom stereocenters. The van der Waals surface area contributed by atoms with E-state index in [1.807, 2.05) is 0 Å². The average molecular weight is 274 g/mol. The smallest absolute Gasteiger partial charge is 0.292 e. The Kier molecular flexibility index (Phi) is 3.79. The summed E-state index contributed by atoms with van der Waals surface area (Å²) < 4.78 is 1.45. The Morgan fingerprint density at radius 3 is 2.75 bits per heavy atom. The van der Waals surface area contributed by atoms with Gasteiger partial charge in [-0.1, -0.05) is 6.07 Å². The van der Waals surface area contributed by atoms with Gasteiger partial charge < -0.3 is 5.32 Å². The van der Waals surface area contributed by atoms with Gasteiger partial charge in [-0.2, -0.15) is 0 Å². The Morgan fingerprint density at radius 1 is 1.40 bits per heavy atom. The number of rotatable bonds is 4. The Balaban J connectivity index is 2.34. The predicted octanol–water partition coefficient (Wildman–Crippen LogP) is 1.55. The van der Waals surface area contributed by atoms with Crippen LogP contribution in [0.15, 0.2) is 35.4 Å². The van der Waals surface area contributed by atoms with Crippen molar-refractivity contribution in [2.75, 3.05) is 12.4 Å². The van der Waals surface area contributed by atoms with Crippen molar-refractivity contribution in [3.8, 4) is 0 Å². The quantitative estimate of drug-likeness (QED) is 0.674. The number of benzene rings is 1. The van der Waals surface area contributed by atoms with Gasteiger partial charge in [0.25, 0.3) is 11.2 Å². The fraction of sp³-hybridized carbons (Fsp3) is 0.231. The molecular formula is C13H14N4O3. The molecule has 20 heavy (non-hydrogen) atoms. The molecule has 0 amide bonds. The minimum absolute atomic E-state index is 0.00521. The average Bonchev–Trinajstić information content (AvgIpc) is 2.41. The van der Waals surface area contributed by atoms with Crippen molar-refractivity contribution in [3.63, 3.8) is 0 Å². The number of anilines is 1. The van der Waals surface area contributed by atoms with Crippen LogP contribution in [0.1, 0.15) is 11.3 Å². The Bertz CT molecular complexity index is 709. The molecule has 0 aliphatic heterocycles. The fourth-order valence-electron chi connectivity index (χ4n) is 1.87. The molecule has 0 fully saturated rings. The normalized spacial score (nSPS) is 10.3. The number of nitrogens with zero attached hydrogens (tertiary/aromatic N) is 3. The van der Waals surface area contributed by atoms with Crippen molar-refractivity contribution in [1.82, 2.24) is 9.55 Å². The molecule has 0 aliphatic rings. The van der Waals surface area contributed by atoms with Gasteiger partial charge in [0, 0.05) is 24.9 Å². The zero-order valence-electron chi connectivity index (χ0n) is 11.2. The van der Waals surface area contributed by atoms with E-state index in [4.69, 9.17) is 0 Å². The zero-order chi connectivity index (χ0) is 14.7. The van der Waals surface area contributed by atoms with Gasteiger partial charge in [-0.15, -0.1) is 0 Å². The van der Waals surface area contributed by atoms with E-state index in [1.54, 1.807) is 26.1 Å². The maximum absolute atomic E-state index is 11.8. The summed E-state index contributed by atoms with van der Waals surface area (Å²) in [7, 11) is 1.62. The van der Waals surface area contributed by atoms with E-state index in [9.17, 15) is 14.9 Å². The van der Waals surface area contributed by atoms with Crippen LogP contribution in [0.3, 0.4) is 0 Å². The van der Waals surface area contributed by atoms with Gasteiger partial charge in [0.1, 0.15) is 5.69 Å². The highest BCUT2D eigenvalue weighted by molar-refractivity contribution is 5.62. The summed E-state index contributed by atoms with van der Waals surface area (Å²) in [6.45, 7) is 2.06. The number of hydrogen-bond donors (Lipinski definition) is 1. The van der Waals surface area contributed by atoms with Crippen molar-refractivity contribution in [2.24, 2.45) is 0 Å². The lowest BCUT2D eigenvalue weighted by Gasteiger charge is -2.08. The fourth-order valence-corrected chi connectivity index (χ4v) is 1.87. The van der Waals surface area contributed by atoms with Crippen LogP contribution in [0.4, 0.5) is 11.4 Å². The SMILES string of the molecule is CNc1cc(Cn2cnc(C)cc2=O)ccc1[N+](=O)[O-]. The lowest BCUT2D eigenvalue weighted by Crippen LogP contribution is -2.20. The molecule has 104 valence electrons. The van der Waals surface area contributed by atoms with Gasteiger partial charge in [-0.3, -0.25) is 19.5 Å².